The second kappa shape index (κ2) is 11.7. The second-order valence-corrected chi connectivity index (χ2v) is 6.29. The zero-order chi connectivity index (χ0) is 18.9. The highest BCUT2D eigenvalue weighted by atomic mass is 127. The van der Waals surface area contributed by atoms with Gasteiger partial charge in [-0.1, -0.05) is 24.3 Å². The molecule has 0 aliphatic carbocycles. The molecule has 28 heavy (non-hydrogen) atoms. The van der Waals surface area contributed by atoms with Crippen LogP contribution < -0.4 is 20.1 Å². The number of ether oxygens (including phenoxy) is 2. The van der Waals surface area contributed by atoms with Crippen LogP contribution in [0.4, 0.5) is 4.39 Å². The Morgan fingerprint density at radius 2 is 1.86 bits per heavy atom. The van der Waals surface area contributed by atoms with Crippen molar-refractivity contribution in [1.82, 2.24) is 10.6 Å². The first-order chi connectivity index (χ1) is 13.3. The highest BCUT2D eigenvalue weighted by molar-refractivity contribution is 14.0. The summed E-state index contributed by atoms with van der Waals surface area (Å²) in [4.78, 5) is 4.61. The molecule has 3 rings (SSSR count). The van der Waals surface area contributed by atoms with Gasteiger partial charge in [-0.25, -0.2) is 9.38 Å². The third-order valence-corrected chi connectivity index (χ3v) is 4.22. The van der Waals surface area contributed by atoms with Gasteiger partial charge in [0.2, 0.25) is 0 Å². The van der Waals surface area contributed by atoms with Crippen molar-refractivity contribution in [2.45, 2.75) is 26.3 Å². The zero-order valence-electron chi connectivity index (χ0n) is 16.0. The summed E-state index contributed by atoms with van der Waals surface area (Å²) < 4.78 is 25.1. The Morgan fingerprint density at radius 3 is 2.64 bits per heavy atom. The van der Waals surface area contributed by atoms with Crippen molar-refractivity contribution in [1.29, 1.82) is 0 Å². The average Bonchev–Trinajstić information content (AvgIpc) is 2.92. The fraction of sp³-hybridized carbons (Fsp3) is 0.381. The summed E-state index contributed by atoms with van der Waals surface area (Å²) in [7, 11) is 0. The molecule has 152 valence electrons. The number of rotatable bonds is 6. The number of hydrogen-bond donors (Lipinski definition) is 2. The predicted molar refractivity (Wildman–Crippen MR) is 120 cm³/mol. The minimum atomic E-state index is -0.173. The van der Waals surface area contributed by atoms with Gasteiger partial charge in [-0.15, -0.1) is 24.0 Å². The number of hydrogen-bond acceptors (Lipinski definition) is 3. The molecular formula is C21H27FIN3O2. The van der Waals surface area contributed by atoms with E-state index in [0.29, 0.717) is 44.2 Å². The Morgan fingerprint density at radius 1 is 1.07 bits per heavy atom. The van der Waals surface area contributed by atoms with Crippen LogP contribution in [-0.4, -0.2) is 32.3 Å². The Balaban J connectivity index is 0.00000280. The van der Waals surface area contributed by atoms with E-state index in [9.17, 15) is 4.39 Å². The van der Waals surface area contributed by atoms with Crippen molar-refractivity contribution in [2.75, 3.05) is 26.3 Å². The summed E-state index contributed by atoms with van der Waals surface area (Å²) in [6.07, 6.45) is 1.49. The van der Waals surface area contributed by atoms with Crippen LogP contribution in [-0.2, 0) is 13.0 Å². The van der Waals surface area contributed by atoms with Crippen LogP contribution in [0.15, 0.2) is 47.5 Å². The first kappa shape index (κ1) is 22.3. The third kappa shape index (κ3) is 6.54. The third-order valence-electron chi connectivity index (χ3n) is 4.22. The van der Waals surface area contributed by atoms with Crippen molar-refractivity contribution in [3.8, 4) is 11.5 Å². The lowest BCUT2D eigenvalue weighted by atomic mass is 10.1. The van der Waals surface area contributed by atoms with E-state index in [-0.39, 0.29) is 29.8 Å². The molecule has 0 unspecified atom stereocenters. The van der Waals surface area contributed by atoms with Gasteiger partial charge in [-0.05, 0) is 42.7 Å². The molecule has 0 saturated carbocycles. The Labute approximate surface area is 182 Å². The molecule has 2 aromatic carbocycles. The van der Waals surface area contributed by atoms with Gasteiger partial charge in [-0.3, -0.25) is 0 Å². The minimum absolute atomic E-state index is 0. The maximum absolute atomic E-state index is 13.7. The van der Waals surface area contributed by atoms with Gasteiger partial charge in [0.05, 0.1) is 19.8 Å². The quantitative estimate of drug-likeness (QED) is 0.360. The normalized spacial score (nSPS) is 13.3. The van der Waals surface area contributed by atoms with Crippen LogP contribution >= 0.6 is 24.0 Å². The van der Waals surface area contributed by atoms with E-state index in [2.05, 4.69) is 15.6 Å². The summed E-state index contributed by atoms with van der Waals surface area (Å²) >= 11 is 0. The molecule has 0 radical (unpaired) electrons. The zero-order valence-corrected chi connectivity index (χ0v) is 18.4. The standard InChI is InChI=1S/C21H26FN3O2.HI/c1-2-23-21(24-11-10-17-6-3-4-7-18(17)22)25-15-16-8-9-19-20(14-16)27-13-5-12-26-19;/h3-4,6-9,14H,2,5,10-13,15H2,1H3,(H2,23,24,25);1H. The molecule has 0 atom stereocenters. The molecule has 0 spiro atoms. The topological polar surface area (TPSA) is 54.9 Å². The van der Waals surface area contributed by atoms with E-state index >= 15 is 0 Å². The lowest BCUT2D eigenvalue weighted by molar-refractivity contribution is 0.297. The summed E-state index contributed by atoms with van der Waals surface area (Å²) in [6, 6.07) is 12.8. The maximum atomic E-state index is 13.7. The monoisotopic (exact) mass is 499 g/mol. The number of nitrogens with zero attached hydrogens (tertiary/aromatic N) is 1. The van der Waals surface area contributed by atoms with Gasteiger partial charge >= 0.3 is 0 Å². The Hall–Kier alpha value is -2.03. The van der Waals surface area contributed by atoms with E-state index in [0.717, 1.165) is 30.0 Å². The summed E-state index contributed by atoms with van der Waals surface area (Å²) in [5.74, 6) is 2.10. The molecule has 0 aromatic heterocycles. The number of fused-ring (bicyclic) bond motifs is 1. The van der Waals surface area contributed by atoms with Gasteiger partial charge in [0, 0.05) is 19.5 Å². The van der Waals surface area contributed by atoms with Crippen LogP contribution in [0, 0.1) is 5.82 Å². The minimum Gasteiger partial charge on any atom is -0.490 e. The highest BCUT2D eigenvalue weighted by Crippen LogP contribution is 2.30. The van der Waals surface area contributed by atoms with E-state index in [1.165, 1.54) is 6.07 Å². The van der Waals surface area contributed by atoms with Gasteiger partial charge in [0.1, 0.15) is 5.82 Å². The Bertz CT molecular complexity index is 786. The molecule has 1 heterocycles. The maximum Gasteiger partial charge on any atom is 0.191 e. The SMILES string of the molecule is CCNC(=NCc1ccc2c(c1)OCCCO2)NCCc1ccccc1F.I. The molecule has 1 aliphatic rings. The van der Waals surface area contributed by atoms with E-state index < -0.39 is 0 Å². The second-order valence-electron chi connectivity index (χ2n) is 6.29. The number of nitrogens with one attached hydrogen (secondary N) is 2. The molecule has 7 heteroatoms. The summed E-state index contributed by atoms with van der Waals surface area (Å²) in [5.41, 5.74) is 1.74. The van der Waals surface area contributed by atoms with Crippen LogP contribution in [0.25, 0.3) is 0 Å². The van der Waals surface area contributed by atoms with E-state index in [1.54, 1.807) is 12.1 Å². The molecule has 0 bridgehead atoms. The fourth-order valence-corrected chi connectivity index (χ4v) is 2.83. The van der Waals surface area contributed by atoms with Crippen molar-refractivity contribution >= 4 is 29.9 Å². The van der Waals surface area contributed by atoms with Crippen molar-refractivity contribution < 1.29 is 13.9 Å². The largest absolute Gasteiger partial charge is 0.490 e. The predicted octanol–water partition coefficient (Wildman–Crippen LogP) is 3.90. The van der Waals surface area contributed by atoms with E-state index in [1.807, 2.05) is 31.2 Å². The van der Waals surface area contributed by atoms with Crippen LogP contribution in [0.5, 0.6) is 11.5 Å². The smallest absolute Gasteiger partial charge is 0.191 e. The molecule has 0 saturated heterocycles. The molecule has 0 amide bonds. The van der Waals surface area contributed by atoms with Crippen molar-refractivity contribution in [3.05, 3.63) is 59.4 Å². The highest BCUT2D eigenvalue weighted by Gasteiger charge is 2.10. The van der Waals surface area contributed by atoms with Gasteiger partial charge in [0.15, 0.2) is 17.5 Å². The molecule has 2 N–H and O–H groups in total. The van der Waals surface area contributed by atoms with Crippen molar-refractivity contribution in [2.24, 2.45) is 4.99 Å². The number of guanidine groups is 1. The first-order valence-corrected chi connectivity index (χ1v) is 9.40. The van der Waals surface area contributed by atoms with Crippen molar-refractivity contribution in [3.63, 3.8) is 0 Å². The lowest BCUT2D eigenvalue weighted by Gasteiger charge is -2.12. The van der Waals surface area contributed by atoms with Gasteiger partial charge < -0.3 is 20.1 Å². The Kier molecular flexibility index (Phi) is 9.33. The average molecular weight is 499 g/mol. The lowest BCUT2D eigenvalue weighted by Crippen LogP contribution is -2.38. The summed E-state index contributed by atoms with van der Waals surface area (Å²) in [6.45, 7) is 5.24. The van der Waals surface area contributed by atoms with Gasteiger partial charge in [0.25, 0.3) is 0 Å². The number of benzene rings is 2. The molecular weight excluding hydrogens is 472 g/mol. The number of halogens is 2. The number of aliphatic imine (C=N–C) groups is 1. The first-order valence-electron chi connectivity index (χ1n) is 9.40. The molecule has 0 fully saturated rings. The van der Waals surface area contributed by atoms with E-state index in [4.69, 9.17) is 9.47 Å². The van der Waals surface area contributed by atoms with Gasteiger partial charge in [-0.2, -0.15) is 0 Å². The van der Waals surface area contributed by atoms with Crippen LogP contribution in [0.1, 0.15) is 24.5 Å². The molecule has 5 nitrogen and oxygen atoms in total. The fourth-order valence-electron chi connectivity index (χ4n) is 2.83. The van der Waals surface area contributed by atoms with Crippen LogP contribution in [0.2, 0.25) is 0 Å². The molecule has 1 aliphatic heterocycles. The van der Waals surface area contributed by atoms with Crippen LogP contribution in [0.3, 0.4) is 0 Å². The summed E-state index contributed by atoms with van der Waals surface area (Å²) in [5, 5.41) is 6.47. The molecule has 2 aromatic rings.